The molecule has 3 nitrogen and oxygen atoms in total. The van der Waals surface area contributed by atoms with E-state index in [1.807, 2.05) is 18.2 Å². The van der Waals surface area contributed by atoms with Crippen molar-refractivity contribution in [2.24, 2.45) is 11.7 Å². The maximum atomic E-state index is 6.03. The summed E-state index contributed by atoms with van der Waals surface area (Å²) in [6, 6.07) is 21.1. The number of rotatable bonds is 4. The van der Waals surface area contributed by atoms with Gasteiger partial charge in [0.1, 0.15) is 11.3 Å². The Hall–Kier alpha value is -2.10. The van der Waals surface area contributed by atoms with Crippen LogP contribution in [0.1, 0.15) is 17.2 Å². The minimum absolute atomic E-state index is 0.516. The zero-order valence-electron chi connectivity index (χ0n) is 13.2. The first-order chi connectivity index (χ1) is 11.3. The van der Waals surface area contributed by atoms with Gasteiger partial charge in [0.15, 0.2) is 0 Å². The number of hydrogen-bond donors (Lipinski definition) is 1. The molecular weight excluding hydrogens is 284 g/mol. The lowest BCUT2D eigenvalue weighted by atomic mass is 9.89. The number of para-hydroxylation sites is 1. The first kappa shape index (κ1) is 14.5. The summed E-state index contributed by atoms with van der Waals surface area (Å²) in [5.74, 6) is 2.07. The molecule has 3 aromatic rings. The Kier molecular flexibility index (Phi) is 3.90. The first-order valence-corrected chi connectivity index (χ1v) is 8.28. The number of benzene rings is 2. The SMILES string of the molecule is NC[C@@H]1CN(Cc2cc3ccccc3o2)C[C@H]1c1ccccc1. The number of nitrogens with zero attached hydrogens (tertiary/aromatic N) is 1. The maximum Gasteiger partial charge on any atom is 0.134 e. The summed E-state index contributed by atoms with van der Waals surface area (Å²) in [4.78, 5) is 2.47. The monoisotopic (exact) mass is 306 g/mol. The van der Waals surface area contributed by atoms with Crippen LogP contribution in [0.2, 0.25) is 0 Å². The van der Waals surface area contributed by atoms with Crippen LogP contribution in [0.5, 0.6) is 0 Å². The molecule has 1 aliphatic rings. The third-order valence-corrected chi connectivity index (χ3v) is 4.90. The average Bonchev–Trinajstić information content (AvgIpc) is 3.19. The molecule has 0 aliphatic carbocycles. The largest absolute Gasteiger partial charge is 0.460 e. The lowest BCUT2D eigenvalue weighted by Gasteiger charge is -2.16. The van der Waals surface area contributed by atoms with Crippen molar-refractivity contribution < 1.29 is 4.42 Å². The average molecular weight is 306 g/mol. The quantitative estimate of drug-likeness (QED) is 0.800. The van der Waals surface area contributed by atoms with Gasteiger partial charge in [-0.25, -0.2) is 0 Å². The van der Waals surface area contributed by atoms with E-state index in [0.29, 0.717) is 11.8 Å². The second-order valence-electron chi connectivity index (χ2n) is 6.46. The summed E-state index contributed by atoms with van der Waals surface area (Å²) in [5, 5.41) is 1.18. The Balaban J connectivity index is 1.52. The van der Waals surface area contributed by atoms with Gasteiger partial charge >= 0.3 is 0 Å². The second-order valence-corrected chi connectivity index (χ2v) is 6.46. The molecule has 0 unspecified atom stereocenters. The Morgan fingerprint density at radius 1 is 1.00 bits per heavy atom. The van der Waals surface area contributed by atoms with Crippen LogP contribution in [0.25, 0.3) is 11.0 Å². The van der Waals surface area contributed by atoms with Gasteiger partial charge in [-0.05, 0) is 30.2 Å². The predicted molar refractivity (Wildman–Crippen MR) is 93.2 cm³/mol. The summed E-state index contributed by atoms with van der Waals surface area (Å²) in [6.07, 6.45) is 0. The molecule has 1 aliphatic heterocycles. The fraction of sp³-hybridized carbons (Fsp3) is 0.300. The van der Waals surface area contributed by atoms with Crippen molar-refractivity contribution in [3.8, 4) is 0 Å². The molecule has 1 fully saturated rings. The molecule has 2 heterocycles. The van der Waals surface area contributed by atoms with E-state index < -0.39 is 0 Å². The predicted octanol–water partition coefficient (Wildman–Crippen LogP) is 3.61. The number of furan rings is 1. The normalized spacial score (nSPS) is 22.0. The van der Waals surface area contributed by atoms with Crippen LogP contribution in [0, 0.1) is 5.92 Å². The van der Waals surface area contributed by atoms with Gasteiger partial charge in [0.2, 0.25) is 0 Å². The molecule has 2 aromatic carbocycles. The van der Waals surface area contributed by atoms with E-state index in [1.165, 1.54) is 10.9 Å². The third-order valence-electron chi connectivity index (χ3n) is 4.90. The van der Waals surface area contributed by atoms with E-state index >= 15 is 0 Å². The summed E-state index contributed by atoms with van der Waals surface area (Å²) < 4.78 is 5.97. The zero-order valence-corrected chi connectivity index (χ0v) is 13.2. The molecule has 0 saturated carbocycles. The van der Waals surface area contributed by atoms with E-state index in [9.17, 15) is 0 Å². The van der Waals surface area contributed by atoms with Crippen LogP contribution in [-0.4, -0.2) is 24.5 Å². The van der Waals surface area contributed by atoms with Crippen LogP contribution >= 0.6 is 0 Å². The Morgan fingerprint density at radius 3 is 2.57 bits per heavy atom. The lowest BCUT2D eigenvalue weighted by molar-refractivity contribution is 0.290. The molecule has 1 saturated heterocycles. The van der Waals surface area contributed by atoms with Gasteiger partial charge in [-0.15, -0.1) is 0 Å². The fourth-order valence-corrected chi connectivity index (χ4v) is 3.74. The van der Waals surface area contributed by atoms with Gasteiger partial charge in [0.25, 0.3) is 0 Å². The minimum atomic E-state index is 0.516. The van der Waals surface area contributed by atoms with E-state index in [4.69, 9.17) is 10.2 Å². The minimum Gasteiger partial charge on any atom is -0.460 e. The third kappa shape index (κ3) is 2.90. The molecule has 118 valence electrons. The molecule has 3 heteroatoms. The molecule has 0 amide bonds. The smallest absolute Gasteiger partial charge is 0.134 e. The van der Waals surface area contributed by atoms with E-state index in [2.05, 4.69) is 47.4 Å². The standard InChI is InChI=1S/C20H22N2O/c21-11-17-12-22(14-19(17)15-6-2-1-3-7-15)13-18-10-16-8-4-5-9-20(16)23-18/h1-10,17,19H,11-14,21H2/t17-,19+/m1/s1. The lowest BCUT2D eigenvalue weighted by Crippen LogP contribution is -2.23. The fourth-order valence-electron chi connectivity index (χ4n) is 3.74. The Labute approximate surface area is 136 Å². The van der Waals surface area contributed by atoms with Gasteiger partial charge < -0.3 is 10.2 Å². The molecular formula is C20H22N2O. The van der Waals surface area contributed by atoms with Gasteiger partial charge in [0.05, 0.1) is 6.54 Å². The molecule has 1 aromatic heterocycles. The molecule has 0 spiro atoms. The molecule has 0 radical (unpaired) electrons. The summed E-state index contributed by atoms with van der Waals surface area (Å²) in [7, 11) is 0. The van der Waals surface area contributed by atoms with Gasteiger partial charge in [-0.2, -0.15) is 0 Å². The van der Waals surface area contributed by atoms with Crippen molar-refractivity contribution in [1.82, 2.24) is 4.90 Å². The molecule has 0 bridgehead atoms. The van der Waals surface area contributed by atoms with Crippen molar-refractivity contribution in [2.75, 3.05) is 19.6 Å². The number of nitrogens with two attached hydrogens (primary N) is 1. The number of likely N-dealkylation sites (tertiary alicyclic amines) is 1. The van der Waals surface area contributed by atoms with Crippen LogP contribution in [0.4, 0.5) is 0 Å². The van der Waals surface area contributed by atoms with Crippen molar-refractivity contribution in [2.45, 2.75) is 12.5 Å². The van der Waals surface area contributed by atoms with Gasteiger partial charge in [0, 0.05) is 24.4 Å². The molecule has 4 rings (SSSR count). The highest BCUT2D eigenvalue weighted by molar-refractivity contribution is 5.77. The maximum absolute atomic E-state index is 6.03. The molecule has 2 atom stereocenters. The van der Waals surface area contributed by atoms with Crippen LogP contribution in [0.3, 0.4) is 0 Å². The van der Waals surface area contributed by atoms with Crippen LogP contribution < -0.4 is 5.73 Å². The van der Waals surface area contributed by atoms with Crippen molar-refractivity contribution in [3.63, 3.8) is 0 Å². The van der Waals surface area contributed by atoms with Crippen molar-refractivity contribution in [3.05, 3.63) is 72.0 Å². The van der Waals surface area contributed by atoms with E-state index in [-0.39, 0.29) is 0 Å². The zero-order chi connectivity index (χ0) is 15.6. The van der Waals surface area contributed by atoms with Crippen LogP contribution in [0.15, 0.2) is 65.1 Å². The van der Waals surface area contributed by atoms with Crippen molar-refractivity contribution in [1.29, 1.82) is 0 Å². The Morgan fingerprint density at radius 2 is 1.78 bits per heavy atom. The molecule has 23 heavy (non-hydrogen) atoms. The van der Waals surface area contributed by atoms with Gasteiger partial charge in [-0.1, -0.05) is 48.5 Å². The summed E-state index contributed by atoms with van der Waals surface area (Å²) in [6.45, 7) is 3.67. The summed E-state index contributed by atoms with van der Waals surface area (Å²) >= 11 is 0. The molecule has 2 N–H and O–H groups in total. The number of fused-ring (bicyclic) bond motifs is 1. The highest BCUT2D eigenvalue weighted by Crippen LogP contribution is 2.33. The number of hydrogen-bond acceptors (Lipinski definition) is 3. The topological polar surface area (TPSA) is 42.4 Å². The van der Waals surface area contributed by atoms with Crippen LogP contribution in [-0.2, 0) is 6.54 Å². The highest BCUT2D eigenvalue weighted by Gasteiger charge is 2.33. The summed E-state index contributed by atoms with van der Waals surface area (Å²) in [5.41, 5.74) is 8.40. The van der Waals surface area contributed by atoms with E-state index in [1.54, 1.807) is 0 Å². The highest BCUT2D eigenvalue weighted by atomic mass is 16.3. The first-order valence-electron chi connectivity index (χ1n) is 8.28. The van der Waals surface area contributed by atoms with Crippen molar-refractivity contribution >= 4 is 11.0 Å². The van der Waals surface area contributed by atoms with E-state index in [0.717, 1.165) is 37.5 Å². The Bertz CT molecular complexity index is 747. The van der Waals surface area contributed by atoms with Gasteiger partial charge in [-0.3, -0.25) is 4.90 Å². The second kappa shape index (κ2) is 6.19.